The van der Waals surface area contributed by atoms with Crippen molar-refractivity contribution >= 4 is 5.97 Å². The highest BCUT2D eigenvalue weighted by molar-refractivity contribution is 5.83. The molecular weight excluding hydrogens is 176 g/mol. The molecule has 0 aromatic rings. The molecule has 0 saturated heterocycles. The van der Waals surface area contributed by atoms with Gasteiger partial charge in [-0.2, -0.15) is 0 Å². The SMILES string of the molecule is C=CC[C@]1(C)C=CC(=O)O[C@H]1C(=C)C. The quantitative estimate of drug-likeness (QED) is 0.507. The first-order valence-electron chi connectivity index (χ1n) is 4.66. The molecule has 0 N–H and O–H groups in total. The summed E-state index contributed by atoms with van der Waals surface area (Å²) >= 11 is 0. The maximum Gasteiger partial charge on any atom is 0.331 e. The van der Waals surface area contributed by atoms with E-state index in [9.17, 15) is 4.79 Å². The molecule has 0 aromatic heterocycles. The predicted octanol–water partition coefficient (Wildman–Crippen LogP) is 2.63. The molecule has 1 aliphatic rings. The van der Waals surface area contributed by atoms with E-state index in [1.807, 2.05) is 26.0 Å². The van der Waals surface area contributed by atoms with Gasteiger partial charge in [-0.1, -0.05) is 25.7 Å². The number of carbonyl (C=O) groups is 1. The Morgan fingerprint density at radius 1 is 1.79 bits per heavy atom. The van der Waals surface area contributed by atoms with Crippen LogP contribution in [-0.2, 0) is 9.53 Å². The van der Waals surface area contributed by atoms with Gasteiger partial charge >= 0.3 is 5.97 Å². The fourth-order valence-electron chi connectivity index (χ4n) is 1.79. The van der Waals surface area contributed by atoms with Gasteiger partial charge in [0.1, 0.15) is 6.10 Å². The van der Waals surface area contributed by atoms with Gasteiger partial charge in [0.05, 0.1) is 0 Å². The van der Waals surface area contributed by atoms with Gasteiger partial charge in [0.15, 0.2) is 0 Å². The first kappa shape index (κ1) is 10.8. The fourth-order valence-corrected chi connectivity index (χ4v) is 1.79. The molecule has 0 amide bonds. The summed E-state index contributed by atoms with van der Waals surface area (Å²) < 4.78 is 5.24. The van der Waals surface area contributed by atoms with Crippen molar-refractivity contribution in [1.29, 1.82) is 0 Å². The summed E-state index contributed by atoms with van der Waals surface area (Å²) in [6, 6.07) is 0. The van der Waals surface area contributed by atoms with Crippen LogP contribution in [0.2, 0.25) is 0 Å². The van der Waals surface area contributed by atoms with Gasteiger partial charge in [-0.25, -0.2) is 4.79 Å². The molecule has 76 valence electrons. The molecule has 0 aliphatic carbocycles. The zero-order valence-electron chi connectivity index (χ0n) is 8.75. The number of carbonyl (C=O) groups excluding carboxylic acids is 1. The summed E-state index contributed by atoms with van der Waals surface area (Å²) in [4.78, 5) is 11.1. The van der Waals surface area contributed by atoms with Gasteiger partial charge in [0, 0.05) is 11.5 Å². The van der Waals surface area contributed by atoms with E-state index in [1.54, 1.807) is 0 Å². The summed E-state index contributed by atoms with van der Waals surface area (Å²) in [5.74, 6) is -0.292. The van der Waals surface area contributed by atoms with Crippen LogP contribution >= 0.6 is 0 Å². The van der Waals surface area contributed by atoms with Gasteiger partial charge in [-0.05, 0) is 18.9 Å². The van der Waals surface area contributed by atoms with Crippen LogP contribution in [0.5, 0.6) is 0 Å². The molecule has 2 atom stereocenters. The molecule has 0 fully saturated rings. The number of cyclic esters (lactones) is 1. The van der Waals surface area contributed by atoms with E-state index in [4.69, 9.17) is 4.74 Å². The van der Waals surface area contributed by atoms with Crippen molar-refractivity contribution in [2.45, 2.75) is 26.4 Å². The van der Waals surface area contributed by atoms with Crippen molar-refractivity contribution in [3.63, 3.8) is 0 Å². The molecule has 0 bridgehead atoms. The van der Waals surface area contributed by atoms with Crippen LogP contribution in [0, 0.1) is 5.41 Å². The Bertz CT molecular complexity index is 301. The topological polar surface area (TPSA) is 26.3 Å². The minimum Gasteiger partial charge on any atom is -0.454 e. The van der Waals surface area contributed by atoms with E-state index in [1.165, 1.54) is 6.08 Å². The normalized spacial score (nSPS) is 31.0. The average Bonchev–Trinajstić information content (AvgIpc) is 2.10. The minimum atomic E-state index is -0.292. The van der Waals surface area contributed by atoms with Crippen molar-refractivity contribution in [2.24, 2.45) is 5.41 Å². The van der Waals surface area contributed by atoms with Crippen molar-refractivity contribution in [3.05, 3.63) is 37.0 Å². The van der Waals surface area contributed by atoms with Crippen LogP contribution in [-0.4, -0.2) is 12.1 Å². The van der Waals surface area contributed by atoms with E-state index in [2.05, 4.69) is 13.2 Å². The summed E-state index contributed by atoms with van der Waals surface area (Å²) in [7, 11) is 0. The van der Waals surface area contributed by atoms with Crippen LogP contribution < -0.4 is 0 Å². The van der Waals surface area contributed by atoms with Gasteiger partial charge in [0.2, 0.25) is 0 Å². The number of hydrogen-bond donors (Lipinski definition) is 0. The van der Waals surface area contributed by atoms with Gasteiger partial charge in [-0.3, -0.25) is 0 Å². The molecule has 1 heterocycles. The first-order chi connectivity index (χ1) is 6.49. The number of esters is 1. The molecule has 0 saturated carbocycles. The van der Waals surface area contributed by atoms with Crippen molar-refractivity contribution in [1.82, 2.24) is 0 Å². The highest BCUT2D eigenvalue weighted by Gasteiger charge is 2.37. The monoisotopic (exact) mass is 192 g/mol. The standard InChI is InChI=1S/C12H16O2/c1-5-7-12(4)8-6-10(13)14-11(12)9(2)3/h5-6,8,11H,1-2,7H2,3-4H3/t11-,12+/m0/s1. The van der Waals surface area contributed by atoms with Crippen LogP contribution in [0.15, 0.2) is 37.0 Å². The number of hydrogen-bond acceptors (Lipinski definition) is 2. The second-order valence-corrected chi connectivity index (χ2v) is 4.00. The molecule has 2 nitrogen and oxygen atoms in total. The van der Waals surface area contributed by atoms with Crippen LogP contribution in [0.1, 0.15) is 20.3 Å². The smallest absolute Gasteiger partial charge is 0.331 e. The molecule has 0 unspecified atom stereocenters. The van der Waals surface area contributed by atoms with Crippen LogP contribution in [0.25, 0.3) is 0 Å². The lowest BCUT2D eigenvalue weighted by molar-refractivity contribution is -0.147. The maximum atomic E-state index is 11.1. The Hall–Kier alpha value is -1.31. The van der Waals surface area contributed by atoms with Gasteiger partial charge in [-0.15, -0.1) is 6.58 Å². The van der Waals surface area contributed by atoms with E-state index in [-0.39, 0.29) is 17.5 Å². The second-order valence-electron chi connectivity index (χ2n) is 4.00. The maximum absolute atomic E-state index is 11.1. The highest BCUT2D eigenvalue weighted by atomic mass is 16.5. The predicted molar refractivity (Wildman–Crippen MR) is 56.8 cm³/mol. The molecule has 2 heteroatoms. The minimum absolute atomic E-state index is 0.193. The molecule has 0 radical (unpaired) electrons. The summed E-state index contributed by atoms with van der Waals surface area (Å²) in [5, 5.41) is 0. The number of allylic oxidation sites excluding steroid dienone is 1. The summed E-state index contributed by atoms with van der Waals surface area (Å²) in [6.45, 7) is 11.5. The number of ether oxygens (including phenoxy) is 1. The van der Waals surface area contributed by atoms with Crippen LogP contribution in [0.3, 0.4) is 0 Å². The largest absolute Gasteiger partial charge is 0.454 e. The lowest BCUT2D eigenvalue weighted by Gasteiger charge is -2.36. The summed E-state index contributed by atoms with van der Waals surface area (Å²) in [5.41, 5.74) is 0.675. The zero-order chi connectivity index (χ0) is 10.8. The third-order valence-corrected chi connectivity index (χ3v) is 2.46. The fraction of sp³-hybridized carbons (Fsp3) is 0.417. The van der Waals surface area contributed by atoms with Gasteiger partial charge < -0.3 is 4.74 Å². The summed E-state index contributed by atoms with van der Waals surface area (Å²) in [6.07, 6.45) is 5.73. The van der Waals surface area contributed by atoms with Crippen molar-refractivity contribution in [2.75, 3.05) is 0 Å². The molecular formula is C12H16O2. The average molecular weight is 192 g/mol. The van der Waals surface area contributed by atoms with E-state index in [0.29, 0.717) is 0 Å². The molecule has 1 rings (SSSR count). The molecule has 0 spiro atoms. The Balaban J connectivity index is 3.00. The molecule has 0 aromatic carbocycles. The van der Waals surface area contributed by atoms with Crippen molar-refractivity contribution in [3.8, 4) is 0 Å². The van der Waals surface area contributed by atoms with E-state index < -0.39 is 0 Å². The number of rotatable bonds is 3. The second kappa shape index (κ2) is 3.82. The Kier molecular flexibility index (Phi) is 2.94. The molecule has 1 aliphatic heterocycles. The molecule has 14 heavy (non-hydrogen) atoms. The van der Waals surface area contributed by atoms with Gasteiger partial charge in [0.25, 0.3) is 0 Å². The third-order valence-electron chi connectivity index (χ3n) is 2.46. The van der Waals surface area contributed by atoms with E-state index >= 15 is 0 Å². The van der Waals surface area contributed by atoms with E-state index in [0.717, 1.165) is 12.0 Å². The Morgan fingerprint density at radius 2 is 2.43 bits per heavy atom. The Morgan fingerprint density at radius 3 is 2.93 bits per heavy atom. The first-order valence-corrected chi connectivity index (χ1v) is 4.66. The third kappa shape index (κ3) is 1.95. The van der Waals surface area contributed by atoms with Crippen LogP contribution in [0.4, 0.5) is 0 Å². The Labute approximate surface area is 85.0 Å². The highest BCUT2D eigenvalue weighted by Crippen LogP contribution is 2.36. The lowest BCUT2D eigenvalue weighted by atomic mass is 9.77. The zero-order valence-corrected chi connectivity index (χ0v) is 8.75. The van der Waals surface area contributed by atoms with Crippen molar-refractivity contribution < 1.29 is 9.53 Å². The lowest BCUT2D eigenvalue weighted by Crippen LogP contribution is -2.38.